The van der Waals surface area contributed by atoms with Gasteiger partial charge in [-0.1, -0.05) is 43.7 Å². The number of nitrogens with one attached hydrogen (secondary N) is 2. The molecule has 0 aliphatic heterocycles. The van der Waals surface area contributed by atoms with Crippen LogP contribution in [-0.4, -0.2) is 23.7 Å². The van der Waals surface area contributed by atoms with E-state index >= 15 is 0 Å². The molecule has 1 atom stereocenters. The summed E-state index contributed by atoms with van der Waals surface area (Å²) in [6.45, 7) is 6.20. The summed E-state index contributed by atoms with van der Waals surface area (Å²) in [5.41, 5.74) is 2.17. The zero-order valence-electron chi connectivity index (χ0n) is 12.1. The minimum absolute atomic E-state index is 0.0232. The number of aryl methyl sites for hydroxylation is 1. The van der Waals surface area contributed by atoms with Crippen LogP contribution in [0.1, 0.15) is 25.0 Å². The molecule has 5 heteroatoms. The number of benzene rings is 1. The van der Waals surface area contributed by atoms with Crippen molar-refractivity contribution < 1.29 is 14.7 Å². The summed E-state index contributed by atoms with van der Waals surface area (Å²) in [4.78, 5) is 22.6. The number of hydrogen-bond acceptors (Lipinski definition) is 2. The molecule has 3 N–H and O–H groups in total. The summed E-state index contributed by atoms with van der Waals surface area (Å²) >= 11 is 0. The molecule has 0 bridgehead atoms. The van der Waals surface area contributed by atoms with E-state index in [1.807, 2.05) is 45.0 Å². The number of hydrogen-bond donors (Lipinski definition) is 3. The number of carboxylic acids is 1. The minimum Gasteiger partial charge on any atom is -0.481 e. The standard InChI is InChI=1S/C15H22N2O3/c1-10(2)13(14(18)19)9-17-15(20)16-8-12-6-4-11(3)5-7-12/h4-7,10,13H,8-9H2,1-3H3,(H,18,19)(H2,16,17,20). The lowest BCUT2D eigenvalue weighted by Gasteiger charge is -2.17. The first-order valence-electron chi connectivity index (χ1n) is 6.70. The van der Waals surface area contributed by atoms with Gasteiger partial charge in [0.25, 0.3) is 0 Å². The van der Waals surface area contributed by atoms with Crippen LogP contribution in [0.2, 0.25) is 0 Å². The van der Waals surface area contributed by atoms with Crippen LogP contribution in [0.15, 0.2) is 24.3 Å². The van der Waals surface area contributed by atoms with Crippen molar-refractivity contribution in [3.05, 3.63) is 35.4 Å². The van der Waals surface area contributed by atoms with Crippen molar-refractivity contribution in [3.8, 4) is 0 Å². The molecule has 1 aromatic carbocycles. The molecule has 0 fully saturated rings. The second-order valence-electron chi connectivity index (χ2n) is 5.24. The van der Waals surface area contributed by atoms with Gasteiger partial charge in [0.1, 0.15) is 0 Å². The Morgan fingerprint density at radius 2 is 1.75 bits per heavy atom. The van der Waals surface area contributed by atoms with Crippen molar-refractivity contribution in [2.24, 2.45) is 11.8 Å². The van der Waals surface area contributed by atoms with E-state index in [-0.39, 0.29) is 18.5 Å². The maximum absolute atomic E-state index is 11.6. The van der Waals surface area contributed by atoms with Crippen molar-refractivity contribution in [1.29, 1.82) is 0 Å². The highest BCUT2D eigenvalue weighted by Crippen LogP contribution is 2.09. The Balaban J connectivity index is 2.36. The summed E-state index contributed by atoms with van der Waals surface area (Å²) < 4.78 is 0. The van der Waals surface area contributed by atoms with E-state index in [0.717, 1.165) is 5.56 Å². The lowest BCUT2D eigenvalue weighted by atomic mass is 9.96. The van der Waals surface area contributed by atoms with Gasteiger partial charge in [0, 0.05) is 13.1 Å². The predicted molar refractivity (Wildman–Crippen MR) is 77.4 cm³/mol. The minimum atomic E-state index is -0.890. The number of aliphatic carboxylic acids is 1. The van der Waals surface area contributed by atoms with E-state index in [1.165, 1.54) is 5.56 Å². The van der Waals surface area contributed by atoms with E-state index in [1.54, 1.807) is 0 Å². The number of carboxylic acid groups (broad SMARTS) is 1. The van der Waals surface area contributed by atoms with Crippen LogP contribution in [0.25, 0.3) is 0 Å². The number of rotatable bonds is 6. The molecule has 0 aliphatic carbocycles. The van der Waals surface area contributed by atoms with Crippen LogP contribution in [0.4, 0.5) is 4.79 Å². The Bertz CT molecular complexity index is 455. The quantitative estimate of drug-likeness (QED) is 0.746. The second kappa shape index (κ2) is 7.53. The third-order valence-corrected chi connectivity index (χ3v) is 3.18. The molecule has 110 valence electrons. The van der Waals surface area contributed by atoms with Gasteiger partial charge in [0.2, 0.25) is 0 Å². The molecule has 20 heavy (non-hydrogen) atoms. The highest BCUT2D eigenvalue weighted by molar-refractivity contribution is 5.75. The van der Waals surface area contributed by atoms with Crippen molar-refractivity contribution in [2.75, 3.05) is 6.54 Å². The Morgan fingerprint density at radius 3 is 2.25 bits per heavy atom. The van der Waals surface area contributed by atoms with E-state index < -0.39 is 11.9 Å². The predicted octanol–water partition coefficient (Wildman–Crippen LogP) is 2.15. The van der Waals surface area contributed by atoms with Crippen LogP contribution in [0.3, 0.4) is 0 Å². The third-order valence-electron chi connectivity index (χ3n) is 3.18. The van der Waals surface area contributed by atoms with Gasteiger partial charge in [-0.25, -0.2) is 4.79 Å². The molecule has 1 aromatic rings. The molecule has 1 rings (SSSR count). The van der Waals surface area contributed by atoms with Gasteiger partial charge in [0.15, 0.2) is 0 Å². The molecule has 0 heterocycles. The van der Waals surface area contributed by atoms with E-state index in [2.05, 4.69) is 10.6 Å². The Hall–Kier alpha value is -2.04. The summed E-state index contributed by atoms with van der Waals surface area (Å²) in [5, 5.41) is 14.3. The van der Waals surface area contributed by atoms with Gasteiger partial charge in [0.05, 0.1) is 5.92 Å². The molecule has 0 saturated heterocycles. The average Bonchev–Trinajstić information content (AvgIpc) is 2.37. The van der Waals surface area contributed by atoms with Gasteiger partial charge >= 0.3 is 12.0 Å². The van der Waals surface area contributed by atoms with Crippen LogP contribution in [0, 0.1) is 18.8 Å². The Morgan fingerprint density at radius 1 is 1.15 bits per heavy atom. The first-order valence-corrected chi connectivity index (χ1v) is 6.70. The molecule has 2 amide bonds. The van der Waals surface area contributed by atoms with Gasteiger partial charge in [-0.05, 0) is 18.4 Å². The lowest BCUT2D eigenvalue weighted by molar-refractivity contribution is -0.142. The maximum Gasteiger partial charge on any atom is 0.315 e. The molecule has 0 saturated carbocycles. The second-order valence-corrected chi connectivity index (χ2v) is 5.24. The maximum atomic E-state index is 11.6. The topological polar surface area (TPSA) is 78.4 Å². The van der Waals surface area contributed by atoms with Crippen molar-refractivity contribution in [1.82, 2.24) is 10.6 Å². The van der Waals surface area contributed by atoms with Gasteiger partial charge < -0.3 is 15.7 Å². The normalized spacial score (nSPS) is 12.0. The van der Waals surface area contributed by atoms with Crippen molar-refractivity contribution in [3.63, 3.8) is 0 Å². The van der Waals surface area contributed by atoms with Crippen molar-refractivity contribution >= 4 is 12.0 Å². The fraction of sp³-hybridized carbons (Fsp3) is 0.467. The van der Waals surface area contributed by atoms with Crippen LogP contribution >= 0.6 is 0 Å². The number of amides is 2. The number of carbonyl (C=O) groups excluding carboxylic acids is 1. The summed E-state index contributed by atoms with van der Waals surface area (Å²) in [7, 11) is 0. The molecule has 0 radical (unpaired) electrons. The third kappa shape index (κ3) is 5.30. The molecular weight excluding hydrogens is 256 g/mol. The first-order chi connectivity index (χ1) is 9.40. The van der Waals surface area contributed by atoms with Crippen molar-refractivity contribution in [2.45, 2.75) is 27.3 Å². The van der Waals surface area contributed by atoms with Crippen LogP contribution < -0.4 is 10.6 Å². The molecule has 0 aliphatic rings. The fourth-order valence-electron chi connectivity index (χ4n) is 1.76. The monoisotopic (exact) mass is 278 g/mol. The number of urea groups is 1. The fourth-order valence-corrected chi connectivity index (χ4v) is 1.76. The van der Waals surface area contributed by atoms with E-state index in [0.29, 0.717) is 6.54 Å². The average molecular weight is 278 g/mol. The largest absolute Gasteiger partial charge is 0.481 e. The zero-order chi connectivity index (χ0) is 15.1. The van der Waals surface area contributed by atoms with Gasteiger partial charge in [-0.3, -0.25) is 4.79 Å². The van der Waals surface area contributed by atoms with E-state index in [9.17, 15) is 9.59 Å². The first kappa shape index (κ1) is 16.0. The van der Waals surface area contributed by atoms with Gasteiger partial charge in [-0.2, -0.15) is 0 Å². The zero-order valence-corrected chi connectivity index (χ0v) is 12.1. The summed E-state index contributed by atoms with van der Waals surface area (Å²) in [5.74, 6) is -1.48. The van der Waals surface area contributed by atoms with E-state index in [4.69, 9.17) is 5.11 Å². The lowest BCUT2D eigenvalue weighted by Crippen LogP contribution is -2.41. The highest BCUT2D eigenvalue weighted by atomic mass is 16.4. The smallest absolute Gasteiger partial charge is 0.315 e. The molecule has 5 nitrogen and oxygen atoms in total. The Labute approximate surface area is 119 Å². The summed E-state index contributed by atoms with van der Waals surface area (Å²) in [6, 6.07) is 7.51. The Kier molecular flexibility index (Phi) is 6.03. The SMILES string of the molecule is Cc1ccc(CNC(=O)NCC(C(=O)O)C(C)C)cc1. The van der Waals surface area contributed by atoms with Gasteiger partial charge in [-0.15, -0.1) is 0 Å². The molecule has 0 aromatic heterocycles. The molecule has 1 unspecified atom stereocenters. The van der Waals surface area contributed by atoms with Crippen LogP contribution in [-0.2, 0) is 11.3 Å². The summed E-state index contributed by atoms with van der Waals surface area (Å²) in [6.07, 6.45) is 0. The molecule has 0 spiro atoms. The highest BCUT2D eigenvalue weighted by Gasteiger charge is 2.21. The molecular formula is C15H22N2O3. The number of carbonyl (C=O) groups is 2. The van der Waals surface area contributed by atoms with Crippen LogP contribution in [0.5, 0.6) is 0 Å².